The van der Waals surface area contributed by atoms with Crippen molar-refractivity contribution in [2.24, 2.45) is 5.41 Å². The number of aromatic nitrogens is 2. The lowest BCUT2D eigenvalue weighted by Crippen LogP contribution is -2.36. The number of benzene rings is 1. The quantitative estimate of drug-likeness (QED) is 0.542. The van der Waals surface area contributed by atoms with Crippen molar-refractivity contribution in [3.8, 4) is 0 Å². The molecule has 2 rings (SSSR count). The third kappa shape index (κ3) is 4.57. The Morgan fingerprint density at radius 3 is 2.60 bits per heavy atom. The molecular weight excluding hydrogens is 350 g/mol. The van der Waals surface area contributed by atoms with Gasteiger partial charge in [-0.25, -0.2) is 22.6 Å². The van der Waals surface area contributed by atoms with Gasteiger partial charge in [0, 0.05) is 20.1 Å². The maximum absolute atomic E-state index is 12.6. The van der Waals surface area contributed by atoms with Crippen LogP contribution >= 0.6 is 0 Å². The number of anilines is 1. The van der Waals surface area contributed by atoms with E-state index in [4.69, 9.17) is 5.11 Å². The summed E-state index contributed by atoms with van der Waals surface area (Å²) in [4.78, 5) is 10.5. The molecule has 1 aromatic carbocycles. The summed E-state index contributed by atoms with van der Waals surface area (Å²) >= 11 is 0. The van der Waals surface area contributed by atoms with Gasteiger partial charge in [0.05, 0.1) is 5.69 Å². The largest absolute Gasteiger partial charge is 0.465 e. The van der Waals surface area contributed by atoms with Crippen LogP contribution in [0.25, 0.3) is 11.0 Å². The zero-order chi connectivity index (χ0) is 18.7. The Morgan fingerprint density at radius 2 is 1.96 bits per heavy atom. The minimum atomic E-state index is -3.83. The average Bonchev–Trinajstić information content (AvgIpc) is 3.01. The lowest BCUT2D eigenvalue weighted by atomic mass is 9.90. The number of amides is 1. The van der Waals surface area contributed by atoms with Crippen LogP contribution in [0.3, 0.4) is 0 Å². The fraction of sp³-hybridized carbons (Fsp3) is 0.500. The summed E-state index contributed by atoms with van der Waals surface area (Å²) in [6.07, 6.45) is -0.636. The lowest BCUT2D eigenvalue weighted by Gasteiger charge is -2.24. The van der Waals surface area contributed by atoms with Crippen molar-refractivity contribution < 1.29 is 22.9 Å². The second kappa shape index (κ2) is 7.23. The van der Waals surface area contributed by atoms with Crippen molar-refractivity contribution in [1.29, 1.82) is 0 Å². The topological polar surface area (TPSA) is 146 Å². The smallest absolute Gasteiger partial charge is 0.404 e. The molecule has 0 bridgehead atoms. The van der Waals surface area contributed by atoms with Crippen LogP contribution in [0.15, 0.2) is 21.7 Å². The van der Waals surface area contributed by atoms with Crippen molar-refractivity contribution in [1.82, 2.24) is 20.4 Å². The molecule has 0 radical (unpaired) electrons. The van der Waals surface area contributed by atoms with Crippen molar-refractivity contribution in [3.63, 3.8) is 0 Å². The summed E-state index contributed by atoms with van der Waals surface area (Å²) < 4.78 is 32.5. The molecule has 0 saturated heterocycles. The number of hydrogen-bond acceptors (Lipinski definition) is 7. The van der Waals surface area contributed by atoms with E-state index in [2.05, 4.69) is 30.3 Å². The van der Waals surface area contributed by atoms with Gasteiger partial charge >= 0.3 is 6.09 Å². The summed E-state index contributed by atoms with van der Waals surface area (Å²) in [5.41, 5.74) is 0.636. The maximum Gasteiger partial charge on any atom is 0.404 e. The second-order valence-electron chi connectivity index (χ2n) is 6.29. The third-order valence-corrected chi connectivity index (χ3v) is 5.19. The first-order valence-electron chi connectivity index (χ1n) is 7.56. The number of carbonyl (C=O) groups is 1. The molecule has 4 N–H and O–H groups in total. The van der Waals surface area contributed by atoms with E-state index in [1.807, 2.05) is 13.8 Å². The van der Waals surface area contributed by atoms with E-state index < -0.39 is 21.5 Å². The zero-order valence-electron chi connectivity index (χ0n) is 14.2. The molecule has 2 aromatic rings. The van der Waals surface area contributed by atoms with Crippen molar-refractivity contribution in [2.75, 3.05) is 25.5 Å². The number of nitrogens with zero attached hydrogens (tertiary/aromatic N) is 2. The van der Waals surface area contributed by atoms with Crippen molar-refractivity contribution in [2.45, 2.75) is 25.2 Å². The van der Waals surface area contributed by atoms with E-state index in [1.54, 1.807) is 13.1 Å². The Morgan fingerprint density at radius 1 is 1.28 bits per heavy atom. The Kier molecular flexibility index (Phi) is 5.48. The first-order valence-corrected chi connectivity index (χ1v) is 9.04. The Labute approximate surface area is 145 Å². The van der Waals surface area contributed by atoms with Crippen LogP contribution in [0, 0.1) is 5.41 Å². The Balaban J connectivity index is 2.14. The zero-order valence-corrected chi connectivity index (χ0v) is 15.0. The van der Waals surface area contributed by atoms with Gasteiger partial charge in [-0.3, -0.25) is 0 Å². The predicted molar refractivity (Wildman–Crippen MR) is 91.0 cm³/mol. The Hall–Kier alpha value is -2.40. The Bertz CT molecular complexity index is 862. The van der Waals surface area contributed by atoms with Crippen molar-refractivity contribution in [3.05, 3.63) is 12.1 Å². The van der Waals surface area contributed by atoms with Crippen LogP contribution in [0.5, 0.6) is 0 Å². The molecule has 0 spiro atoms. The van der Waals surface area contributed by atoms with Crippen molar-refractivity contribution >= 4 is 32.8 Å². The molecule has 1 amide bonds. The highest BCUT2D eigenvalue weighted by atomic mass is 32.2. The minimum Gasteiger partial charge on any atom is -0.465 e. The molecule has 25 heavy (non-hydrogen) atoms. The SMILES string of the molecule is CNc1ccc(S(=O)(=O)NCC(C)(C)CCNC(=O)O)c2nonc12. The van der Waals surface area contributed by atoms with Gasteiger partial charge in [-0.1, -0.05) is 13.8 Å². The minimum absolute atomic E-state index is 0.0257. The van der Waals surface area contributed by atoms with Crippen LogP contribution in [0.1, 0.15) is 20.3 Å². The number of nitrogens with one attached hydrogen (secondary N) is 3. The monoisotopic (exact) mass is 371 g/mol. The average molecular weight is 371 g/mol. The molecule has 1 heterocycles. The first-order chi connectivity index (χ1) is 11.7. The summed E-state index contributed by atoms with van der Waals surface area (Å²) in [6.45, 7) is 4.06. The fourth-order valence-corrected chi connectivity index (χ4v) is 3.60. The van der Waals surface area contributed by atoms with Crippen LogP contribution in [0.4, 0.5) is 10.5 Å². The highest BCUT2D eigenvalue weighted by Gasteiger charge is 2.26. The van der Waals surface area contributed by atoms with Crippen LogP contribution < -0.4 is 15.4 Å². The number of fused-ring (bicyclic) bond motifs is 1. The van der Waals surface area contributed by atoms with Crippen LogP contribution in [-0.4, -0.2) is 50.1 Å². The molecule has 0 aliphatic carbocycles. The summed E-state index contributed by atoms with van der Waals surface area (Å²) in [5.74, 6) is 0. The molecule has 0 aliphatic rings. The van der Waals surface area contributed by atoms with E-state index in [9.17, 15) is 13.2 Å². The van der Waals surface area contributed by atoms with E-state index in [-0.39, 0.29) is 23.5 Å². The number of rotatable bonds is 8. The molecule has 1 aromatic heterocycles. The van der Waals surface area contributed by atoms with E-state index >= 15 is 0 Å². The first kappa shape index (κ1) is 18.9. The molecule has 0 aliphatic heterocycles. The third-order valence-electron chi connectivity index (χ3n) is 3.76. The molecule has 138 valence electrons. The summed E-state index contributed by atoms with van der Waals surface area (Å²) in [5, 5.41) is 21.2. The molecular formula is C14H21N5O5S. The summed E-state index contributed by atoms with van der Waals surface area (Å²) in [6, 6.07) is 3.02. The number of sulfonamides is 1. The van der Waals surface area contributed by atoms with Crippen LogP contribution in [-0.2, 0) is 10.0 Å². The van der Waals surface area contributed by atoms with Gasteiger partial charge in [0.2, 0.25) is 10.0 Å². The molecule has 0 unspecified atom stereocenters. The second-order valence-corrected chi connectivity index (χ2v) is 8.03. The van der Waals surface area contributed by atoms with E-state index in [0.29, 0.717) is 17.6 Å². The predicted octanol–water partition coefficient (Wildman–Crippen LogP) is 1.23. The molecule has 0 fully saturated rings. The van der Waals surface area contributed by atoms with Gasteiger partial charge in [-0.05, 0) is 34.3 Å². The van der Waals surface area contributed by atoms with Gasteiger partial charge in [-0.15, -0.1) is 0 Å². The normalized spacial score (nSPS) is 12.3. The summed E-state index contributed by atoms with van der Waals surface area (Å²) in [7, 11) is -2.15. The highest BCUT2D eigenvalue weighted by Crippen LogP contribution is 2.27. The van der Waals surface area contributed by atoms with Gasteiger partial charge in [-0.2, -0.15) is 0 Å². The molecule has 0 atom stereocenters. The van der Waals surface area contributed by atoms with Gasteiger partial charge < -0.3 is 15.7 Å². The lowest BCUT2D eigenvalue weighted by molar-refractivity contribution is 0.192. The standard InChI is InChI=1S/C14H21N5O5S/c1-14(2,6-7-16-13(20)21)8-17-25(22,23)10-5-4-9(15-3)11-12(10)19-24-18-11/h4-5,15-17H,6-8H2,1-3H3,(H,20,21). The number of hydrogen-bond donors (Lipinski definition) is 4. The van der Waals surface area contributed by atoms with Gasteiger partial charge in [0.1, 0.15) is 4.90 Å². The van der Waals surface area contributed by atoms with Gasteiger partial charge in [0.15, 0.2) is 11.0 Å². The van der Waals surface area contributed by atoms with E-state index in [1.165, 1.54) is 6.07 Å². The maximum atomic E-state index is 12.6. The van der Waals surface area contributed by atoms with Crippen LogP contribution in [0.2, 0.25) is 0 Å². The fourth-order valence-electron chi connectivity index (χ4n) is 2.23. The number of carboxylic acid groups (broad SMARTS) is 1. The van der Waals surface area contributed by atoms with Gasteiger partial charge in [0.25, 0.3) is 0 Å². The molecule has 10 nitrogen and oxygen atoms in total. The van der Waals surface area contributed by atoms with E-state index in [0.717, 1.165) is 0 Å². The molecule has 0 saturated carbocycles. The molecule has 11 heteroatoms. The highest BCUT2D eigenvalue weighted by molar-refractivity contribution is 7.89.